The Morgan fingerprint density at radius 1 is 0.889 bits per heavy atom. The molecular weight excluding hydrogens is 336 g/mol. The molecule has 1 aromatic heterocycles. The SMILES string of the molecule is CC1CCN(c2ccc(C(=O)N3CCN(c4ccccc4)CC3)cn2)CC1. The summed E-state index contributed by atoms with van der Waals surface area (Å²) in [7, 11) is 0. The zero-order chi connectivity index (χ0) is 18.6. The minimum absolute atomic E-state index is 0.0917. The summed E-state index contributed by atoms with van der Waals surface area (Å²) in [5.74, 6) is 1.89. The van der Waals surface area contributed by atoms with Crippen LogP contribution in [-0.2, 0) is 0 Å². The summed E-state index contributed by atoms with van der Waals surface area (Å²) in [6.45, 7) is 7.66. The van der Waals surface area contributed by atoms with E-state index in [4.69, 9.17) is 0 Å². The number of hydrogen-bond acceptors (Lipinski definition) is 4. The van der Waals surface area contributed by atoms with Gasteiger partial charge in [-0.2, -0.15) is 0 Å². The summed E-state index contributed by atoms with van der Waals surface area (Å²) >= 11 is 0. The molecule has 0 bridgehead atoms. The molecule has 2 aliphatic rings. The molecule has 142 valence electrons. The van der Waals surface area contributed by atoms with Crippen molar-refractivity contribution in [3.8, 4) is 0 Å². The van der Waals surface area contributed by atoms with Crippen molar-refractivity contribution in [3.05, 3.63) is 54.2 Å². The fourth-order valence-corrected chi connectivity index (χ4v) is 3.93. The van der Waals surface area contributed by atoms with Gasteiger partial charge in [0.25, 0.3) is 5.91 Å². The number of piperidine rings is 1. The molecule has 0 radical (unpaired) electrons. The van der Waals surface area contributed by atoms with Gasteiger partial charge in [-0.05, 0) is 43.0 Å². The smallest absolute Gasteiger partial charge is 0.255 e. The molecule has 0 aliphatic carbocycles. The maximum atomic E-state index is 12.8. The highest BCUT2D eigenvalue weighted by molar-refractivity contribution is 5.94. The zero-order valence-corrected chi connectivity index (χ0v) is 16.1. The Kier molecular flexibility index (Phi) is 5.28. The van der Waals surface area contributed by atoms with Gasteiger partial charge in [-0.25, -0.2) is 4.98 Å². The lowest BCUT2D eigenvalue weighted by Crippen LogP contribution is -2.48. The van der Waals surface area contributed by atoms with E-state index >= 15 is 0 Å². The van der Waals surface area contributed by atoms with E-state index in [9.17, 15) is 4.79 Å². The Balaban J connectivity index is 1.35. The van der Waals surface area contributed by atoms with Gasteiger partial charge in [0.2, 0.25) is 0 Å². The van der Waals surface area contributed by atoms with Crippen molar-refractivity contribution in [1.82, 2.24) is 9.88 Å². The Hall–Kier alpha value is -2.56. The number of benzene rings is 1. The number of nitrogens with zero attached hydrogens (tertiary/aromatic N) is 4. The normalized spacial score (nSPS) is 18.6. The lowest BCUT2D eigenvalue weighted by atomic mass is 9.99. The first kappa shape index (κ1) is 17.8. The zero-order valence-electron chi connectivity index (χ0n) is 16.1. The monoisotopic (exact) mass is 364 g/mol. The molecule has 4 rings (SSSR count). The fourth-order valence-electron chi connectivity index (χ4n) is 3.93. The predicted octanol–water partition coefficient (Wildman–Crippen LogP) is 3.28. The first-order valence-electron chi connectivity index (χ1n) is 10.0. The number of piperazine rings is 1. The van der Waals surface area contributed by atoms with E-state index < -0.39 is 0 Å². The van der Waals surface area contributed by atoms with Crippen LogP contribution in [0.1, 0.15) is 30.1 Å². The topological polar surface area (TPSA) is 39.7 Å². The molecule has 0 atom stereocenters. The molecule has 2 fully saturated rings. The van der Waals surface area contributed by atoms with Crippen LogP contribution < -0.4 is 9.80 Å². The second-order valence-corrected chi connectivity index (χ2v) is 7.69. The van der Waals surface area contributed by atoms with E-state index in [-0.39, 0.29) is 5.91 Å². The Labute approximate surface area is 161 Å². The highest BCUT2D eigenvalue weighted by Crippen LogP contribution is 2.22. The van der Waals surface area contributed by atoms with Crippen molar-refractivity contribution >= 4 is 17.4 Å². The summed E-state index contributed by atoms with van der Waals surface area (Å²) in [5.41, 5.74) is 1.92. The Morgan fingerprint density at radius 2 is 1.59 bits per heavy atom. The van der Waals surface area contributed by atoms with E-state index in [0.717, 1.165) is 51.0 Å². The molecular formula is C22H28N4O. The quantitative estimate of drug-likeness (QED) is 0.838. The summed E-state index contributed by atoms with van der Waals surface area (Å²) in [5, 5.41) is 0. The van der Waals surface area contributed by atoms with Crippen LogP contribution in [0.25, 0.3) is 0 Å². The number of rotatable bonds is 3. The largest absolute Gasteiger partial charge is 0.368 e. The predicted molar refractivity (Wildman–Crippen MR) is 109 cm³/mol. The number of amides is 1. The number of carbonyl (C=O) groups is 1. The molecule has 1 amide bonds. The van der Waals surface area contributed by atoms with Gasteiger partial charge in [0, 0.05) is 51.2 Å². The van der Waals surface area contributed by atoms with E-state index in [1.807, 2.05) is 23.1 Å². The summed E-state index contributed by atoms with van der Waals surface area (Å²) < 4.78 is 0. The van der Waals surface area contributed by atoms with E-state index in [1.54, 1.807) is 6.20 Å². The molecule has 0 spiro atoms. The maximum absolute atomic E-state index is 12.8. The molecule has 5 nitrogen and oxygen atoms in total. The molecule has 27 heavy (non-hydrogen) atoms. The van der Waals surface area contributed by atoms with Crippen LogP contribution in [0.15, 0.2) is 48.7 Å². The van der Waals surface area contributed by atoms with Crippen LogP contribution in [-0.4, -0.2) is 55.1 Å². The maximum Gasteiger partial charge on any atom is 0.255 e. The second kappa shape index (κ2) is 7.99. The van der Waals surface area contributed by atoms with Crippen molar-refractivity contribution in [1.29, 1.82) is 0 Å². The molecule has 5 heteroatoms. The van der Waals surface area contributed by atoms with Crippen molar-refractivity contribution in [2.45, 2.75) is 19.8 Å². The van der Waals surface area contributed by atoms with Gasteiger partial charge in [-0.3, -0.25) is 4.79 Å². The van der Waals surface area contributed by atoms with Gasteiger partial charge in [0.15, 0.2) is 0 Å². The van der Waals surface area contributed by atoms with E-state index in [1.165, 1.54) is 18.5 Å². The summed E-state index contributed by atoms with van der Waals surface area (Å²) in [4.78, 5) is 24.0. The third-order valence-corrected chi connectivity index (χ3v) is 5.79. The number of para-hydroxylation sites is 1. The van der Waals surface area contributed by atoms with Crippen LogP contribution in [0.2, 0.25) is 0 Å². The molecule has 2 saturated heterocycles. The molecule has 3 heterocycles. The van der Waals surface area contributed by atoms with Crippen LogP contribution in [0, 0.1) is 5.92 Å². The minimum atomic E-state index is 0.0917. The number of anilines is 2. The number of aromatic nitrogens is 1. The molecule has 2 aliphatic heterocycles. The van der Waals surface area contributed by atoms with Crippen LogP contribution in [0.5, 0.6) is 0 Å². The van der Waals surface area contributed by atoms with Crippen molar-refractivity contribution in [2.75, 3.05) is 49.1 Å². The standard InChI is InChI=1S/C22H28N4O/c1-18-9-11-25(12-10-18)21-8-7-19(17-23-21)22(27)26-15-13-24(14-16-26)20-5-3-2-4-6-20/h2-8,17-18H,9-16H2,1H3. The average molecular weight is 364 g/mol. The molecule has 2 aromatic rings. The van der Waals surface area contributed by atoms with E-state index in [2.05, 4.69) is 46.0 Å². The van der Waals surface area contributed by atoms with Gasteiger partial charge >= 0.3 is 0 Å². The lowest BCUT2D eigenvalue weighted by molar-refractivity contribution is 0.0746. The highest BCUT2D eigenvalue weighted by Gasteiger charge is 2.23. The number of carbonyl (C=O) groups excluding carboxylic acids is 1. The van der Waals surface area contributed by atoms with Crippen LogP contribution in [0.4, 0.5) is 11.5 Å². The molecule has 1 aromatic carbocycles. The third-order valence-electron chi connectivity index (χ3n) is 5.79. The number of pyridine rings is 1. The van der Waals surface area contributed by atoms with Crippen molar-refractivity contribution < 1.29 is 4.79 Å². The summed E-state index contributed by atoms with van der Waals surface area (Å²) in [6.07, 6.45) is 4.18. The minimum Gasteiger partial charge on any atom is -0.368 e. The number of hydrogen-bond donors (Lipinski definition) is 0. The van der Waals surface area contributed by atoms with Gasteiger partial charge < -0.3 is 14.7 Å². The van der Waals surface area contributed by atoms with Gasteiger partial charge in [0.05, 0.1) is 5.56 Å². The van der Waals surface area contributed by atoms with Gasteiger partial charge in [0.1, 0.15) is 5.82 Å². The molecule has 0 unspecified atom stereocenters. The van der Waals surface area contributed by atoms with Gasteiger partial charge in [-0.1, -0.05) is 25.1 Å². The highest BCUT2D eigenvalue weighted by atomic mass is 16.2. The molecule has 0 saturated carbocycles. The Bertz CT molecular complexity index is 746. The first-order valence-corrected chi connectivity index (χ1v) is 10.0. The van der Waals surface area contributed by atoms with Crippen LogP contribution in [0.3, 0.4) is 0 Å². The van der Waals surface area contributed by atoms with E-state index in [0.29, 0.717) is 5.56 Å². The van der Waals surface area contributed by atoms with Crippen LogP contribution >= 0.6 is 0 Å². The summed E-state index contributed by atoms with van der Waals surface area (Å²) in [6, 6.07) is 14.3. The first-order chi connectivity index (χ1) is 13.2. The fraction of sp³-hybridized carbons (Fsp3) is 0.455. The van der Waals surface area contributed by atoms with Gasteiger partial charge in [-0.15, -0.1) is 0 Å². The third kappa shape index (κ3) is 4.07. The average Bonchev–Trinajstić information content (AvgIpc) is 2.75. The van der Waals surface area contributed by atoms with Crippen molar-refractivity contribution in [2.24, 2.45) is 5.92 Å². The molecule has 0 N–H and O–H groups in total. The lowest BCUT2D eigenvalue weighted by Gasteiger charge is -2.36. The Morgan fingerprint density at radius 3 is 2.22 bits per heavy atom. The van der Waals surface area contributed by atoms with Crippen molar-refractivity contribution in [3.63, 3.8) is 0 Å². The second-order valence-electron chi connectivity index (χ2n) is 7.69.